The third-order valence-corrected chi connectivity index (χ3v) is 4.53. The van der Waals surface area contributed by atoms with Gasteiger partial charge in [0.05, 0.1) is 17.8 Å². The second-order valence-corrected chi connectivity index (χ2v) is 6.59. The first-order chi connectivity index (χ1) is 12.0. The maximum absolute atomic E-state index is 12.4. The van der Waals surface area contributed by atoms with Gasteiger partial charge in [0.25, 0.3) is 0 Å². The molecule has 0 saturated carbocycles. The van der Waals surface area contributed by atoms with Gasteiger partial charge in [-0.15, -0.1) is 0 Å². The molecule has 5 nitrogen and oxygen atoms in total. The summed E-state index contributed by atoms with van der Waals surface area (Å²) >= 11 is 5.89. The number of benzene rings is 1. The van der Waals surface area contributed by atoms with Gasteiger partial charge in [0.15, 0.2) is 0 Å². The maximum atomic E-state index is 12.4. The molecular weight excluding hydrogens is 350 g/mol. The van der Waals surface area contributed by atoms with Crippen molar-refractivity contribution in [3.8, 4) is 16.9 Å². The van der Waals surface area contributed by atoms with Gasteiger partial charge in [0, 0.05) is 23.8 Å². The molecule has 25 heavy (non-hydrogen) atoms. The maximum Gasteiger partial charge on any atom is 0.387 e. The third-order valence-electron chi connectivity index (χ3n) is 4.22. The van der Waals surface area contributed by atoms with Crippen molar-refractivity contribution in [1.29, 1.82) is 0 Å². The van der Waals surface area contributed by atoms with Gasteiger partial charge in [0.1, 0.15) is 5.75 Å². The summed E-state index contributed by atoms with van der Waals surface area (Å²) in [5, 5.41) is 4.52. The number of hydrazine groups is 1. The second-order valence-electron chi connectivity index (χ2n) is 6.18. The number of halogens is 3. The van der Waals surface area contributed by atoms with E-state index in [-0.39, 0.29) is 10.8 Å². The van der Waals surface area contributed by atoms with Gasteiger partial charge in [0.2, 0.25) is 0 Å². The number of hydrogen-bond donors (Lipinski definition) is 2. The van der Waals surface area contributed by atoms with Crippen LogP contribution in [0.1, 0.15) is 26.2 Å². The first-order valence-electron chi connectivity index (χ1n) is 8.33. The third kappa shape index (κ3) is 4.68. The fourth-order valence-electron chi connectivity index (χ4n) is 3.06. The average Bonchev–Trinajstić information content (AvgIpc) is 3.20. The smallest absolute Gasteiger partial charge is 0.387 e. The normalized spacial score (nSPS) is 20.4. The van der Waals surface area contributed by atoms with E-state index in [9.17, 15) is 8.78 Å². The minimum Gasteiger partial charge on any atom is -0.433 e. The molecule has 8 heteroatoms. The molecule has 1 aliphatic heterocycles. The lowest BCUT2D eigenvalue weighted by Gasteiger charge is -2.09. The standard InChI is InChI=1S/C17H21ClF2N4O/c1-2-3-13-7-14(23-22-13)10-24-9-12(8-21-24)11-4-5-15(18)16(6-11)25-17(19)20/h4-6,8-9,13-14,17,22-23H,2-3,7,10H2,1H3. The van der Waals surface area contributed by atoms with Crippen LogP contribution in [0.3, 0.4) is 0 Å². The molecule has 1 aromatic carbocycles. The Balaban J connectivity index is 1.67. The Kier molecular flexibility index (Phi) is 5.88. The minimum absolute atomic E-state index is 0.0361. The molecule has 2 N–H and O–H groups in total. The van der Waals surface area contributed by atoms with E-state index in [4.69, 9.17) is 11.6 Å². The summed E-state index contributed by atoms with van der Waals surface area (Å²) in [4.78, 5) is 0. The van der Waals surface area contributed by atoms with Crippen LogP contribution >= 0.6 is 11.6 Å². The average molecular weight is 371 g/mol. The molecule has 2 heterocycles. The van der Waals surface area contributed by atoms with E-state index in [1.54, 1.807) is 18.3 Å². The Labute approximate surface area is 150 Å². The van der Waals surface area contributed by atoms with Crippen molar-refractivity contribution in [3.63, 3.8) is 0 Å². The van der Waals surface area contributed by atoms with Gasteiger partial charge in [-0.05, 0) is 30.5 Å². The van der Waals surface area contributed by atoms with Gasteiger partial charge in [-0.25, -0.2) is 0 Å². The van der Waals surface area contributed by atoms with Crippen molar-refractivity contribution in [2.75, 3.05) is 0 Å². The largest absolute Gasteiger partial charge is 0.433 e. The van der Waals surface area contributed by atoms with E-state index in [0.717, 1.165) is 36.9 Å². The van der Waals surface area contributed by atoms with Crippen LogP contribution in [0.4, 0.5) is 8.78 Å². The topological polar surface area (TPSA) is 51.1 Å². The molecule has 0 radical (unpaired) electrons. The van der Waals surface area contributed by atoms with Crippen LogP contribution < -0.4 is 15.6 Å². The Morgan fingerprint density at radius 3 is 2.88 bits per heavy atom. The van der Waals surface area contributed by atoms with Gasteiger partial charge in [-0.1, -0.05) is 31.0 Å². The van der Waals surface area contributed by atoms with E-state index in [2.05, 4.69) is 27.6 Å². The van der Waals surface area contributed by atoms with Crippen molar-refractivity contribution in [2.24, 2.45) is 0 Å². The van der Waals surface area contributed by atoms with Gasteiger partial charge in [-0.2, -0.15) is 13.9 Å². The number of aromatic nitrogens is 2. The molecule has 3 rings (SSSR count). The van der Waals surface area contributed by atoms with Crippen molar-refractivity contribution in [3.05, 3.63) is 35.6 Å². The molecular formula is C17H21ClF2N4O. The highest BCUT2D eigenvalue weighted by atomic mass is 35.5. The highest BCUT2D eigenvalue weighted by molar-refractivity contribution is 6.32. The lowest BCUT2D eigenvalue weighted by atomic mass is 10.1. The number of hydrogen-bond acceptors (Lipinski definition) is 4. The Morgan fingerprint density at radius 2 is 2.12 bits per heavy atom. The fraction of sp³-hybridized carbons (Fsp3) is 0.471. The number of ether oxygens (including phenoxy) is 1. The number of alkyl halides is 2. The molecule has 0 spiro atoms. The first kappa shape index (κ1) is 18.1. The van der Waals surface area contributed by atoms with Crippen LogP contribution in [-0.2, 0) is 6.54 Å². The lowest BCUT2D eigenvalue weighted by molar-refractivity contribution is -0.0497. The zero-order valence-electron chi connectivity index (χ0n) is 13.9. The van der Waals surface area contributed by atoms with E-state index in [0.29, 0.717) is 12.1 Å². The SMILES string of the molecule is CCCC1CC(Cn2cc(-c3ccc(Cl)c(OC(F)F)c3)cn2)NN1. The monoisotopic (exact) mass is 370 g/mol. The van der Waals surface area contributed by atoms with Gasteiger partial charge in [-0.3, -0.25) is 15.5 Å². The van der Waals surface area contributed by atoms with E-state index >= 15 is 0 Å². The van der Waals surface area contributed by atoms with Gasteiger partial charge < -0.3 is 4.74 Å². The first-order valence-corrected chi connectivity index (χ1v) is 8.71. The highest BCUT2D eigenvalue weighted by Gasteiger charge is 2.23. The second kappa shape index (κ2) is 8.12. The highest BCUT2D eigenvalue weighted by Crippen LogP contribution is 2.31. The summed E-state index contributed by atoms with van der Waals surface area (Å²) in [7, 11) is 0. The van der Waals surface area contributed by atoms with Crippen molar-refractivity contribution in [1.82, 2.24) is 20.6 Å². The van der Waals surface area contributed by atoms with Crippen LogP contribution in [0.15, 0.2) is 30.6 Å². The minimum atomic E-state index is -2.91. The number of rotatable bonds is 7. The molecule has 0 aliphatic carbocycles. The van der Waals surface area contributed by atoms with E-state index < -0.39 is 6.61 Å². The van der Waals surface area contributed by atoms with E-state index in [1.165, 1.54) is 6.07 Å². The fourth-order valence-corrected chi connectivity index (χ4v) is 3.23. The summed E-state index contributed by atoms with van der Waals surface area (Å²) < 4.78 is 31.2. The molecule has 1 aromatic heterocycles. The van der Waals surface area contributed by atoms with E-state index in [1.807, 2.05) is 10.9 Å². The molecule has 1 saturated heterocycles. The molecule has 0 amide bonds. The predicted molar refractivity (Wildman–Crippen MR) is 92.7 cm³/mol. The number of nitrogens with one attached hydrogen (secondary N) is 2. The molecule has 2 aromatic rings. The Morgan fingerprint density at radius 1 is 1.32 bits per heavy atom. The van der Waals surface area contributed by atoms with Crippen molar-refractivity contribution >= 4 is 11.6 Å². The van der Waals surface area contributed by atoms with Crippen LogP contribution in [0.5, 0.6) is 5.75 Å². The van der Waals surface area contributed by atoms with Crippen molar-refractivity contribution in [2.45, 2.75) is 51.4 Å². The molecule has 2 unspecified atom stereocenters. The lowest BCUT2D eigenvalue weighted by Crippen LogP contribution is -2.35. The predicted octanol–water partition coefficient (Wildman–Crippen LogP) is 3.84. The number of nitrogens with zero attached hydrogens (tertiary/aromatic N) is 2. The van der Waals surface area contributed by atoms with Crippen LogP contribution in [0, 0.1) is 0 Å². The quantitative estimate of drug-likeness (QED) is 0.777. The molecule has 1 fully saturated rings. The van der Waals surface area contributed by atoms with Crippen molar-refractivity contribution < 1.29 is 13.5 Å². The Hall–Kier alpha value is -1.70. The summed E-state index contributed by atoms with van der Waals surface area (Å²) in [6.45, 7) is 0.00108. The molecule has 1 aliphatic rings. The summed E-state index contributed by atoms with van der Waals surface area (Å²) in [5.41, 5.74) is 8.16. The summed E-state index contributed by atoms with van der Waals surface area (Å²) in [5.74, 6) is -0.0361. The molecule has 2 atom stereocenters. The molecule has 136 valence electrons. The summed E-state index contributed by atoms with van der Waals surface area (Å²) in [6, 6.07) is 5.61. The van der Waals surface area contributed by atoms with Gasteiger partial charge >= 0.3 is 6.61 Å². The molecule has 0 bridgehead atoms. The Bertz CT molecular complexity index is 710. The van der Waals surface area contributed by atoms with Crippen LogP contribution in [0.2, 0.25) is 5.02 Å². The summed E-state index contributed by atoms with van der Waals surface area (Å²) in [6.07, 6.45) is 6.95. The zero-order chi connectivity index (χ0) is 17.8. The zero-order valence-corrected chi connectivity index (χ0v) is 14.6. The van der Waals surface area contributed by atoms with Crippen LogP contribution in [-0.4, -0.2) is 28.5 Å². The van der Waals surface area contributed by atoms with Crippen LogP contribution in [0.25, 0.3) is 11.1 Å².